The highest BCUT2D eigenvalue weighted by atomic mass is 16.5. The van der Waals surface area contributed by atoms with Crippen LogP contribution in [-0.4, -0.2) is 13.7 Å². The number of hydrogen-bond acceptors (Lipinski definition) is 3. The molecule has 0 aliphatic rings. The van der Waals surface area contributed by atoms with E-state index in [-0.39, 0.29) is 6.04 Å². The Hall–Kier alpha value is -1.74. The van der Waals surface area contributed by atoms with Crippen molar-refractivity contribution in [3.63, 3.8) is 0 Å². The molecule has 2 rings (SSSR count). The SMILES string of the molecule is CCCNC(c1ccc(OC)cc1)c1coc(C)c1. The average Bonchev–Trinajstić information content (AvgIpc) is 2.86. The summed E-state index contributed by atoms with van der Waals surface area (Å²) in [5, 5.41) is 3.55. The molecular weight excluding hydrogens is 238 g/mol. The minimum absolute atomic E-state index is 0.170. The number of furan rings is 1. The quantitative estimate of drug-likeness (QED) is 0.859. The Morgan fingerprint density at radius 3 is 2.47 bits per heavy atom. The monoisotopic (exact) mass is 259 g/mol. The Morgan fingerprint density at radius 1 is 1.21 bits per heavy atom. The molecule has 1 N–H and O–H groups in total. The normalized spacial score (nSPS) is 12.4. The number of aryl methyl sites for hydroxylation is 1. The summed E-state index contributed by atoms with van der Waals surface area (Å²) in [6, 6.07) is 10.4. The summed E-state index contributed by atoms with van der Waals surface area (Å²) < 4.78 is 10.6. The van der Waals surface area contributed by atoms with Crippen molar-refractivity contribution in [2.75, 3.05) is 13.7 Å². The van der Waals surface area contributed by atoms with Gasteiger partial charge in [0.25, 0.3) is 0 Å². The van der Waals surface area contributed by atoms with E-state index < -0.39 is 0 Å². The molecule has 1 heterocycles. The van der Waals surface area contributed by atoms with Crippen LogP contribution in [0, 0.1) is 6.92 Å². The Labute approximate surface area is 114 Å². The minimum Gasteiger partial charge on any atom is -0.497 e. The lowest BCUT2D eigenvalue weighted by Gasteiger charge is -2.17. The van der Waals surface area contributed by atoms with E-state index in [2.05, 4.69) is 30.4 Å². The maximum atomic E-state index is 5.43. The van der Waals surface area contributed by atoms with Crippen molar-refractivity contribution in [1.82, 2.24) is 5.32 Å². The molecule has 2 aromatic rings. The van der Waals surface area contributed by atoms with Crippen molar-refractivity contribution in [3.05, 3.63) is 53.5 Å². The lowest BCUT2D eigenvalue weighted by atomic mass is 10.0. The van der Waals surface area contributed by atoms with Gasteiger partial charge in [-0.2, -0.15) is 0 Å². The molecule has 1 aromatic carbocycles. The fourth-order valence-electron chi connectivity index (χ4n) is 2.13. The molecule has 0 aliphatic carbocycles. The van der Waals surface area contributed by atoms with Crippen molar-refractivity contribution in [2.45, 2.75) is 26.3 Å². The maximum Gasteiger partial charge on any atom is 0.118 e. The van der Waals surface area contributed by atoms with Crippen LogP contribution in [0.1, 0.15) is 36.3 Å². The maximum absolute atomic E-state index is 5.43. The Morgan fingerprint density at radius 2 is 1.95 bits per heavy atom. The highest BCUT2D eigenvalue weighted by Gasteiger charge is 2.15. The summed E-state index contributed by atoms with van der Waals surface area (Å²) in [6.07, 6.45) is 2.93. The van der Waals surface area contributed by atoms with Gasteiger partial charge in [-0.05, 0) is 43.7 Å². The van der Waals surface area contributed by atoms with Crippen molar-refractivity contribution in [1.29, 1.82) is 0 Å². The number of nitrogens with one attached hydrogen (secondary N) is 1. The molecule has 0 saturated heterocycles. The lowest BCUT2D eigenvalue weighted by molar-refractivity contribution is 0.414. The van der Waals surface area contributed by atoms with Gasteiger partial charge in [0.1, 0.15) is 11.5 Å². The Balaban J connectivity index is 2.25. The van der Waals surface area contributed by atoms with E-state index in [0.29, 0.717) is 0 Å². The molecule has 1 aromatic heterocycles. The zero-order valence-corrected chi connectivity index (χ0v) is 11.8. The van der Waals surface area contributed by atoms with Crippen LogP contribution in [0.5, 0.6) is 5.75 Å². The van der Waals surface area contributed by atoms with Crippen LogP contribution in [0.4, 0.5) is 0 Å². The van der Waals surface area contributed by atoms with Gasteiger partial charge in [0, 0.05) is 5.56 Å². The van der Waals surface area contributed by atoms with Crippen LogP contribution in [0.25, 0.3) is 0 Å². The Bertz CT molecular complexity index is 502. The second kappa shape index (κ2) is 6.43. The van der Waals surface area contributed by atoms with Crippen LogP contribution >= 0.6 is 0 Å². The molecule has 3 nitrogen and oxygen atoms in total. The Kier molecular flexibility index (Phi) is 4.63. The van der Waals surface area contributed by atoms with Gasteiger partial charge < -0.3 is 14.5 Å². The van der Waals surface area contributed by atoms with Crippen molar-refractivity contribution >= 4 is 0 Å². The summed E-state index contributed by atoms with van der Waals surface area (Å²) in [5.74, 6) is 1.81. The van der Waals surface area contributed by atoms with Gasteiger partial charge >= 0.3 is 0 Å². The number of rotatable bonds is 6. The smallest absolute Gasteiger partial charge is 0.118 e. The molecule has 0 radical (unpaired) electrons. The fourth-order valence-corrected chi connectivity index (χ4v) is 2.13. The second-order valence-corrected chi connectivity index (χ2v) is 4.65. The average molecular weight is 259 g/mol. The highest BCUT2D eigenvalue weighted by molar-refractivity contribution is 5.34. The second-order valence-electron chi connectivity index (χ2n) is 4.65. The van der Waals surface area contributed by atoms with Crippen LogP contribution in [0.15, 0.2) is 41.0 Å². The number of ether oxygens (including phenoxy) is 1. The lowest BCUT2D eigenvalue weighted by Crippen LogP contribution is -2.22. The molecule has 1 atom stereocenters. The molecule has 19 heavy (non-hydrogen) atoms. The van der Waals surface area contributed by atoms with Crippen LogP contribution in [-0.2, 0) is 0 Å². The van der Waals surface area contributed by atoms with E-state index in [4.69, 9.17) is 9.15 Å². The summed E-state index contributed by atoms with van der Waals surface area (Å²) in [7, 11) is 1.68. The van der Waals surface area contributed by atoms with E-state index in [1.54, 1.807) is 7.11 Å². The van der Waals surface area contributed by atoms with Gasteiger partial charge in [0.15, 0.2) is 0 Å². The summed E-state index contributed by atoms with van der Waals surface area (Å²) >= 11 is 0. The zero-order chi connectivity index (χ0) is 13.7. The van der Waals surface area contributed by atoms with Crippen LogP contribution in [0.3, 0.4) is 0 Å². The highest BCUT2D eigenvalue weighted by Crippen LogP contribution is 2.25. The third kappa shape index (κ3) is 3.38. The molecule has 1 unspecified atom stereocenters. The summed E-state index contributed by atoms with van der Waals surface area (Å²) in [5.41, 5.74) is 2.38. The van der Waals surface area contributed by atoms with Gasteiger partial charge in [-0.25, -0.2) is 0 Å². The number of methoxy groups -OCH3 is 1. The van der Waals surface area contributed by atoms with Crippen LogP contribution < -0.4 is 10.1 Å². The standard InChI is InChI=1S/C16H21NO2/c1-4-9-17-16(14-10-12(2)19-11-14)13-5-7-15(18-3)8-6-13/h5-8,10-11,16-17H,4,9H2,1-3H3. The topological polar surface area (TPSA) is 34.4 Å². The molecule has 0 bridgehead atoms. The first-order chi connectivity index (χ1) is 9.24. The first kappa shape index (κ1) is 13.7. The zero-order valence-electron chi connectivity index (χ0n) is 11.8. The van der Waals surface area contributed by atoms with Gasteiger partial charge in [-0.1, -0.05) is 19.1 Å². The van der Waals surface area contributed by atoms with E-state index in [1.807, 2.05) is 25.3 Å². The summed E-state index contributed by atoms with van der Waals surface area (Å²) in [4.78, 5) is 0. The first-order valence-corrected chi connectivity index (χ1v) is 6.67. The molecule has 0 spiro atoms. The van der Waals surface area contributed by atoms with Crippen molar-refractivity contribution in [2.24, 2.45) is 0 Å². The molecule has 102 valence electrons. The predicted octanol–water partition coefficient (Wildman–Crippen LogP) is 3.69. The van der Waals surface area contributed by atoms with Crippen molar-refractivity contribution in [3.8, 4) is 5.75 Å². The molecular formula is C16H21NO2. The van der Waals surface area contributed by atoms with Gasteiger partial charge in [0.2, 0.25) is 0 Å². The molecule has 0 fully saturated rings. The number of hydrogen-bond donors (Lipinski definition) is 1. The molecule has 0 amide bonds. The van der Waals surface area contributed by atoms with E-state index >= 15 is 0 Å². The van der Waals surface area contributed by atoms with Crippen molar-refractivity contribution < 1.29 is 9.15 Å². The van der Waals surface area contributed by atoms with Gasteiger partial charge in [-0.3, -0.25) is 0 Å². The van der Waals surface area contributed by atoms with E-state index in [1.165, 1.54) is 5.56 Å². The van der Waals surface area contributed by atoms with Gasteiger partial charge in [0.05, 0.1) is 19.4 Å². The molecule has 0 aliphatic heterocycles. The summed E-state index contributed by atoms with van der Waals surface area (Å²) in [6.45, 7) is 5.11. The van der Waals surface area contributed by atoms with Crippen LogP contribution in [0.2, 0.25) is 0 Å². The predicted molar refractivity (Wildman–Crippen MR) is 76.6 cm³/mol. The third-order valence-corrected chi connectivity index (χ3v) is 3.13. The first-order valence-electron chi connectivity index (χ1n) is 6.67. The largest absolute Gasteiger partial charge is 0.497 e. The molecule has 0 saturated carbocycles. The fraction of sp³-hybridized carbons (Fsp3) is 0.375. The molecule has 3 heteroatoms. The minimum atomic E-state index is 0.170. The number of benzene rings is 1. The van der Waals surface area contributed by atoms with Gasteiger partial charge in [-0.15, -0.1) is 0 Å². The van der Waals surface area contributed by atoms with E-state index in [0.717, 1.165) is 30.0 Å². The van der Waals surface area contributed by atoms with E-state index in [9.17, 15) is 0 Å². The third-order valence-electron chi connectivity index (χ3n) is 3.13.